The van der Waals surface area contributed by atoms with Gasteiger partial charge in [-0.05, 0) is 42.5 Å². The number of ether oxygens (including phenoxy) is 3. The molecule has 0 amide bonds. The Labute approximate surface area is 180 Å². The van der Waals surface area contributed by atoms with E-state index in [1.54, 1.807) is 14.2 Å². The van der Waals surface area contributed by atoms with Crippen LogP contribution >= 0.6 is 11.6 Å². The molecule has 3 aromatic carbocycles. The van der Waals surface area contributed by atoms with Gasteiger partial charge in [-0.2, -0.15) is 5.10 Å². The predicted octanol–water partition coefficient (Wildman–Crippen LogP) is 5.60. The number of hydrazone groups is 1. The Bertz CT molecular complexity index is 1130. The second kappa shape index (κ2) is 7.58. The number of fused-ring (bicyclic) bond motifs is 3. The maximum atomic E-state index is 6.41. The van der Waals surface area contributed by atoms with E-state index in [-0.39, 0.29) is 6.04 Å². The fraction of sp³-hybridized carbons (Fsp3) is 0.208. The van der Waals surface area contributed by atoms with Crippen LogP contribution in [0.5, 0.6) is 17.2 Å². The molecule has 0 saturated carbocycles. The van der Waals surface area contributed by atoms with Crippen molar-refractivity contribution in [3.05, 3.63) is 88.4 Å². The smallest absolute Gasteiger partial charge is 0.217 e. The number of rotatable bonds is 4. The van der Waals surface area contributed by atoms with Crippen molar-refractivity contribution < 1.29 is 14.2 Å². The fourth-order valence-electron chi connectivity index (χ4n) is 4.11. The molecule has 0 fully saturated rings. The van der Waals surface area contributed by atoms with Crippen LogP contribution in [0.4, 0.5) is 0 Å². The lowest BCUT2D eigenvalue weighted by atomic mass is 9.95. The molecule has 0 saturated heterocycles. The van der Waals surface area contributed by atoms with Crippen molar-refractivity contribution >= 4 is 17.3 Å². The Morgan fingerprint density at radius 2 is 1.83 bits per heavy atom. The highest BCUT2D eigenvalue weighted by Crippen LogP contribution is 2.49. The number of nitrogens with zero attached hydrogens (tertiary/aromatic N) is 2. The third kappa shape index (κ3) is 3.15. The molecule has 5 rings (SSSR count). The molecular formula is C24H21ClN2O3. The van der Waals surface area contributed by atoms with Crippen LogP contribution < -0.4 is 14.2 Å². The van der Waals surface area contributed by atoms with Gasteiger partial charge in [0.15, 0.2) is 0 Å². The van der Waals surface area contributed by atoms with Gasteiger partial charge in [0.05, 0.1) is 31.5 Å². The van der Waals surface area contributed by atoms with Crippen molar-refractivity contribution in [3.63, 3.8) is 0 Å². The molecular weight excluding hydrogens is 400 g/mol. The van der Waals surface area contributed by atoms with E-state index in [1.165, 1.54) is 0 Å². The van der Waals surface area contributed by atoms with E-state index in [0.717, 1.165) is 46.1 Å². The van der Waals surface area contributed by atoms with E-state index in [4.69, 9.17) is 30.9 Å². The first kappa shape index (κ1) is 18.8. The van der Waals surface area contributed by atoms with Crippen molar-refractivity contribution in [2.45, 2.75) is 18.7 Å². The van der Waals surface area contributed by atoms with Gasteiger partial charge < -0.3 is 14.2 Å². The SMILES string of the molecule is COc1cccc(C2=NN3[C@@H](C2)c2cc(Cl)ccc2O[C@H]3c2ccccc2OC)c1. The van der Waals surface area contributed by atoms with Crippen molar-refractivity contribution in [2.24, 2.45) is 5.10 Å². The van der Waals surface area contributed by atoms with Crippen LogP contribution in [0, 0.1) is 0 Å². The second-order valence-corrected chi connectivity index (χ2v) is 7.71. The highest BCUT2D eigenvalue weighted by Gasteiger charge is 2.42. The van der Waals surface area contributed by atoms with Crippen molar-refractivity contribution in [3.8, 4) is 17.2 Å². The van der Waals surface area contributed by atoms with Gasteiger partial charge in [0, 0.05) is 22.6 Å². The lowest BCUT2D eigenvalue weighted by molar-refractivity contribution is -0.0203. The zero-order valence-corrected chi connectivity index (χ0v) is 17.5. The topological polar surface area (TPSA) is 43.3 Å². The molecule has 0 unspecified atom stereocenters. The predicted molar refractivity (Wildman–Crippen MR) is 117 cm³/mol. The summed E-state index contributed by atoms with van der Waals surface area (Å²) in [5, 5.41) is 7.69. The molecule has 5 nitrogen and oxygen atoms in total. The number of halogens is 1. The van der Waals surface area contributed by atoms with Gasteiger partial charge >= 0.3 is 0 Å². The summed E-state index contributed by atoms with van der Waals surface area (Å²) in [7, 11) is 3.34. The van der Waals surface area contributed by atoms with Gasteiger partial charge in [-0.3, -0.25) is 0 Å². The normalized spacial score (nSPS) is 19.4. The molecule has 30 heavy (non-hydrogen) atoms. The van der Waals surface area contributed by atoms with Gasteiger partial charge in [0.1, 0.15) is 17.2 Å². The minimum Gasteiger partial charge on any atom is -0.497 e. The number of benzene rings is 3. The van der Waals surface area contributed by atoms with E-state index in [0.29, 0.717) is 5.02 Å². The summed E-state index contributed by atoms with van der Waals surface area (Å²) in [6, 6.07) is 21.6. The van der Waals surface area contributed by atoms with E-state index in [9.17, 15) is 0 Å². The molecule has 0 N–H and O–H groups in total. The van der Waals surface area contributed by atoms with E-state index in [2.05, 4.69) is 6.07 Å². The molecule has 0 radical (unpaired) electrons. The first-order chi connectivity index (χ1) is 14.7. The van der Waals surface area contributed by atoms with Crippen LogP contribution in [0.25, 0.3) is 0 Å². The molecule has 3 aromatic rings. The lowest BCUT2D eigenvalue weighted by Gasteiger charge is -2.38. The highest BCUT2D eigenvalue weighted by molar-refractivity contribution is 6.30. The zero-order chi connectivity index (χ0) is 20.7. The third-order valence-corrected chi connectivity index (χ3v) is 5.79. The number of hydrogen-bond acceptors (Lipinski definition) is 5. The first-order valence-electron chi connectivity index (χ1n) is 9.77. The van der Waals surface area contributed by atoms with E-state index in [1.807, 2.05) is 65.7 Å². The summed E-state index contributed by atoms with van der Waals surface area (Å²) in [4.78, 5) is 0. The molecule has 0 spiro atoms. The summed E-state index contributed by atoms with van der Waals surface area (Å²) in [5.74, 6) is 2.39. The van der Waals surface area contributed by atoms with Gasteiger partial charge in [-0.15, -0.1) is 0 Å². The van der Waals surface area contributed by atoms with Crippen molar-refractivity contribution in [2.75, 3.05) is 14.2 Å². The summed E-state index contributed by atoms with van der Waals surface area (Å²) >= 11 is 6.31. The maximum absolute atomic E-state index is 6.41. The molecule has 2 aliphatic heterocycles. The Balaban J connectivity index is 1.62. The first-order valence-corrected chi connectivity index (χ1v) is 10.1. The Kier molecular flexibility index (Phi) is 4.75. The highest BCUT2D eigenvalue weighted by atomic mass is 35.5. The van der Waals surface area contributed by atoms with Crippen molar-refractivity contribution in [1.82, 2.24) is 5.01 Å². The standard InChI is InChI=1S/C24H21ClN2O3/c1-28-17-7-5-6-15(12-17)20-14-21-19-13-16(25)10-11-23(19)30-24(27(21)26-20)18-8-3-4-9-22(18)29-2/h3-13,21,24H,14H2,1-2H3/t21-,24-/m0/s1. The molecule has 2 atom stereocenters. The monoisotopic (exact) mass is 420 g/mol. The lowest BCUT2D eigenvalue weighted by Crippen LogP contribution is -2.33. The third-order valence-electron chi connectivity index (χ3n) is 5.56. The Hall–Kier alpha value is -3.18. The minimum absolute atomic E-state index is 0.0172. The van der Waals surface area contributed by atoms with Crippen LogP contribution in [0.2, 0.25) is 5.02 Å². The molecule has 152 valence electrons. The zero-order valence-electron chi connectivity index (χ0n) is 16.7. The molecule has 2 aliphatic rings. The van der Waals surface area contributed by atoms with Gasteiger partial charge in [0.25, 0.3) is 0 Å². The van der Waals surface area contributed by atoms with Gasteiger partial charge in [-0.1, -0.05) is 35.9 Å². The van der Waals surface area contributed by atoms with E-state index >= 15 is 0 Å². The quantitative estimate of drug-likeness (QED) is 0.551. The number of methoxy groups -OCH3 is 2. The summed E-state index contributed by atoms with van der Waals surface area (Å²) in [6.45, 7) is 0. The van der Waals surface area contributed by atoms with Crippen LogP contribution in [0.3, 0.4) is 0 Å². The second-order valence-electron chi connectivity index (χ2n) is 7.27. The fourth-order valence-corrected chi connectivity index (χ4v) is 4.29. The Morgan fingerprint density at radius 3 is 2.67 bits per heavy atom. The molecule has 0 aromatic heterocycles. The molecule has 0 aliphatic carbocycles. The summed E-state index contributed by atoms with van der Waals surface area (Å²) in [5.41, 5.74) is 3.98. The van der Waals surface area contributed by atoms with Crippen LogP contribution in [0.15, 0.2) is 71.8 Å². The van der Waals surface area contributed by atoms with Crippen LogP contribution in [-0.2, 0) is 0 Å². The summed E-state index contributed by atoms with van der Waals surface area (Å²) < 4.78 is 17.4. The van der Waals surface area contributed by atoms with Crippen LogP contribution in [0.1, 0.15) is 35.4 Å². The number of hydrogen-bond donors (Lipinski definition) is 0. The number of para-hydroxylation sites is 1. The average molecular weight is 421 g/mol. The minimum atomic E-state index is -0.400. The maximum Gasteiger partial charge on any atom is 0.217 e. The van der Waals surface area contributed by atoms with Gasteiger partial charge in [-0.25, -0.2) is 5.01 Å². The van der Waals surface area contributed by atoms with Crippen molar-refractivity contribution in [1.29, 1.82) is 0 Å². The molecule has 2 heterocycles. The Morgan fingerprint density at radius 1 is 0.967 bits per heavy atom. The summed E-state index contributed by atoms with van der Waals surface area (Å²) in [6.07, 6.45) is 0.345. The van der Waals surface area contributed by atoms with E-state index < -0.39 is 6.23 Å². The molecule has 6 heteroatoms. The molecule has 0 bridgehead atoms. The average Bonchev–Trinajstić information content (AvgIpc) is 3.24. The van der Waals surface area contributed by atoms with Crippen LogP contribution in [-0.4, -0.2) is 24.9 Å². The van der Waals surface area contributed by atoms with Gasteiger partial charge in [0.2, 0.25) is 6.23 Å². The largest absolute Gasteiger partial charge is 0.497 e.